The summed E-state index contributed by atoms with van der Waals surface area (Å²) in [5.74, 6) is -0.282. The second-order valence-electron chi connectivity index (χ2n) is 3.09. The van der Waals surface area contributed by atoms with E-state index >= 15 is 0 Å². The molecule has 0 saturated carbocycles. The molecule has 0 unspecified atom stereocenters. The molecule has 0 saturated heterocycles. The second-order valence-corrected chi connectivity index (χ2v) is 3.50. The van der Waals surface area contributed by atoms with E-state index in [1.165, 1.54) is 6.07 Å². The molecular weight excluding hydrogens is 243 g/mol. The van der Waals surface area contributed by atoms with Gasteiger partial charge in [0.25, 0.3) is 0 Å². The van der Waals surface area contributed by atoms with Gasteiger partial charge < -0.3 is 5.32 Å². The van der Waals surface area contributed by atoms with Crippen LogP contribution in [-0.4, -0.2) is 5.91 Å². The van der Waals surface area contributed by atoms with Crippen LogP contribution in [0.5, 0.6) is 0 Å². The van der Waals surface area contributed by atoms with Gasteiger partial charge in [0.05, 0.1) is 10.6 Å². The number of hydrogen-bond donors (Lipinski definition) is 1. The summed E-state index contributed by atoms with van der Waals surface area (Å²) in [4.78, 5) is 11.0. The maximum atomic E-state index is 12.3. The Kier molecular flexibility index (Phi) is 3.80. The smallest absolute Gasteiger partial charge is 0.326 e. The number of nitrogens with one attached hydrogen (secondary N) is 1. The quantitative estimate of drug-likeness (QED) is 0.853. The van der Waals surface area contributed by atoms with E-state index in [0.717, 1.165) is 12.1 Å². The highest BCUT2D eigenvalue weighted by molar-refractivity contribution is 6.31. The number of hydrogen-bond acceptors (Lipinski definition) is 1. The fourth-order valence-electron chi connectivity index (χ4n) is 1.07. The van der Waals surface area contributed by atoms with Crippen molar-refractivity contribution in [3.05, 3.63) is 28.8 Å². The minimum atomic E-state index is -4.48. The summed E-state index contributed by atoms with van der Waals surface area (Å²) in [5, 5.41) is 1.99. The Morgan fingerprint density at radius 2 is 2.06 bits per heavy atom. The van der Waals surface area contributed by atoms with Crippen LogP contribution in [0.1, 0.15) is 18.9 Å². The largest absolute Gasteiger partial charge is 0.417 e. The Labute approximate surface area is 95.4 Å². The zero-order valence-electron chi connectivity index (χ0n) is 8.36. The number of carbonyl (C=O) groups excluding carboxylic acids is 1. The summed E-state index contributed by atoms with van der Waals surface area (Å²) in [7, 11) is 0. The second kappa shape index (κ2) is 4.74. The highest BCUT2D eigenvalue weighted by Gasteiger charge is 2.33. The summed E-state index contributed by atoms with van der Waals surface area (Å²) >= 11 is 5.47. The van der Waals surface area contributed by atoms with Gasteiger partial charge in [-0.3, -0.25) is 4.79 Å². The molecule has 0 radical (unpaired) electrons. The van der Waals surface area contributed by atoms with E-state index in [1.54, 1.807) is 6.92 Å². The van der Waals surface area contributed by atoms with Crippen molar-refractivity contribution >= 4 is 23.2 Å². The lowest BCUT2D eigenvalue weighted by Gasteiger charge is -2.10. The summed E-state index contributed by atoms with van der Waals surface area (Å²) in [6.45, 7) is 1.64. The summed E-state index contributed by atoms with van der Waals surface area (Å²) < 4.78 is 37.0. The SMILES string of the molecule is CCC(=O)Nc1ccc(C(F)(F)F)c(Cl)c1. The van der Waals surface area contributed by atoms with E-state index in [2.05, 4.69) is 5.32 Å². The van der Waals surface area contributed by atoms with Gasteiger partial charge >= 0.3 is 6.18 Å². The number of rotatable bonds is 2. The Morgan fingerprint density at radius 3 is 2.50 bits per heavy atom. The molecule has 1 aromatic rings. The molecule has 0 heterocycles. The number of alkyl halides is 3. The van der Waals surface area contributed by atoms with E-state index in [9.17, 15) is 18.0 Å². The van der Waals surface area contributed by atoms with E-state index in [1.807, 2.05) is 0 Å². The van der Waals surface area contributed by atoms with Crippen molar-refractivity contribution in [1.29, 1.82) is 0 Å². The zero-order valence-corrected chi connectivity index (χ0v) is 9.12. The lowest BCUT2D eigenvalue weighted by molar-refractivity contribution is -0.137. The van der Waals surface area contributed by atoms with Crippen molar-refractivity contribution in [1.82, 2.24) is 0 Å². The van der Waals surface area contributed by atoms with Crippen LogP contribution in [0.3, 0.4) is 0 Å². The van der Waals surface area contributed by atoms with E-state index in [-0.39, 0.29) is 18.0 Å². The Morgan fingerprint density at radius 1 is 1.44 bits per heavy atom. The molecule has 2 nitrogen and oxygen atoms in total. The topological polar surface area (TPSA) is 29.1 Å². The molecule has 1 N–H and O–H groups in total. The third-order valence-corrected chi connectivity index (χ3v) is 2.19. The third-order valence-electron chi connectivity index (χ3n) is 1.88. The molecule has 1 aromatic carbocycles. The van der Waals surface area contributed by atoms with Crippen molar-refractivity contribution in [3.8, 4) is 0 Å². The van der Waals surface area contributed by atoms with Crippen LogP contribution in [0.15, 0.2) is 18.2 Å². The molecular formula is C10H9ClF3NO. The van der Waals surface area contributed by atoms with Crippen molar-refractivity contribution in [2.45, 2.75) is 19.5 Å². The number of benzene rings is 1. The van der Waals surface area contributed by atoms with Gasteiger partial charge in [-0.2, -0.15) is 13.2 Å². The molecule has 16 heavy (non-hydrogen) atoms. The molecule has 0 fully saturated rings. The Balaban J connectivity index is 2.96. The first-order valence-electron chi connectivity index (χ1n) is 4.51. The minimum Gasteiger partial charge on any atom is -0.326 e. The predicted octanol–water partition coefficient (Wildman–Crippen LogP) is 3.71. The van der Waals surface area contributed by atoms with Crippen LogP contribution in [0.4, 0.5) is 18.9 Å². The summed E-state index contributed by atoms with van der Waals surface area (Å²) in [6.07, 6.45) is -4.23. The van der Waals surface area contributed by atoms with Crippen LogP contribution in [-0.2, 0) is 11.0 Å². The van der Waals surface area contributed by atoms with Gasteiger partial charge in [0, 0.05) is 12.1 Å². The fraction of sp³-hybridized carbons (Fsp3) is 0.300. The van der Waals surface area contributed by atoms with Gasteiger partial charge in [0.1, 0.15) is 0 Å². The van der Waals surface area contributed by atoms with Gasteiger partial charge in [-0.05, 0) is 18.2 Å². The first-order chi connectivity index (χ1) is 7.34. The first kappa shape index (κ1) is 12.8. The molecule has 1 rings (SSSR count). The molecule has 1 amide bonds. The van der Waals surface area contributed by atoms with Crippen LogP contribution < -0.4 is 5.32 Å². The number of carbonyl (C=O) groups is 1. The van der Waals surface area contributed by atoms with Crippen molar-refractivity contribution < 1.29 is 18.0 Å². The number of halogens is 4. The Hall–Kier alpha value is -1.23. The van der Waals surface area contributed by atoms with E-state index in [0.29, 0.717) is 0 Å². The van der Waals surface area contributed by atoms with E-state index in [4.69, 9.17) is 11.6 Å². The van der Waals surface area contributed by atoms with Crippen LogP contribution >= 0.6 is 11.6 Å². The Bertz CT molecular complexity index is 404. The normalized spacial score (nSPS) is 11.3. The lowest BCUT2D eigenvalue weighted by atomic mass is 10.2. The molecule has 0 aromatic heterocycles. The summed E-state index contributed by atoms with van der Waals surface area (Å²) in [5.41, 5.74) is -0.659. The lowest BCUT2D eigenvalue weighted by Crippen LogP contribution is -2.11. The number of amides is 1. The molecule has 6 heteroatoms. The molecule has 88 valence electrons. The first-order valence-corrected chi connectivity index (χ1v) is 4.89. The van der Waals surface area contributed by atoms with Crippen LogP contribution in [0, 0.1) is 0 Å². The molecule has 0 aliphatic carbocycles. The average Bonchev–Trinajstić information content (AvgIpc) is 2.15. The molecule has 0 aliphatic rings. The predicted molar refractivity (Wildman–Crippen MR) is 55.4 cm³/mol. The van der Waals surface area contributed by atoms with Crippen molar-refractivity contribution in [2.24, 2.45) is 0 Å². The summed E-state index contributed by atoms with van der Waals surface area (Å²) in [6, 6.07) is 3.09. The van der Waals surface area contributed by atoms with Crippen molar-refractivity contribution in [3.63, 3.8) is 0 Å². The number of anilines is 1. The van der Waals surface area contributed by atoms with Crippen LogP contribution in [0.2, 0.25) is 5.02 Å². The molecule has 0 aliphatic heterocycles. The van der Waals surface area contributed by atoms with E-state index < -0.39 is 16.8 Å². The van der Waals surface area contributed by atoms with Gasteiger partial charge in [0.15, 0.2) is 0 Å². The maximum absolute atomic E-state index is 12.3. The minimum absolute atomic E-state index is 0.249. The van der Waals surface area contributed by atoms with Gasteiger partial charge in [-0.1, -0.05) is 18.5 Å². The monoisotopic (exact) mass is 251 g/mol. The standard InChI is InChI=1S/C10H9ClF3NO/c1-2-9(16)15-6-3-4-7(8(11)5-6)10(12,13)14/h3-5H,2H2,1H3,(H,15,16). The van der Waals surface area contributed by atoms with Crippen LogP contribution in [0.25, 0.3) is 0 Å². The molecule has 0 bridgehead atoms. The van der Waals surface area contributed by atoms with Gasteiger partial charge in [0.2, 0.25) is 5.91 Å². The van der Waals surface area contributed by atoms with Gasteiger partial charge in [-0.15, -0.1) is 0 Å². The van der Waals surface area contributed by atoms with Gasteiger partial charge in [-0.25, -0.2) is 0 Å². The van der Waals surface area contributed by atoms with Crippen molar-refractivity contribution in [2.75, 3.05) is 5.32 Å². The average molecular weight is 252 g/mol. The third kappa shape index (κ3) is 3.13. The maximum Gasteiger partial charge on any atom is 0.417 e. The molecule has 0 spiro atoms. The highest BCUT2D eigenvalue weighted by Crippen LogP contribution is 2.35. The highest BCUT2D eigenvalue weighted by atomic mass is 35.5. The fourth-order valence-corrected chi connectivity index (χ4v) is 1.36. The molecule has 0 atom stereocenters. The zero-order chi connectivity index (χ0) is 12.3.